The van der Waals surface area contributed by atoms with Gasteiger partial charge >= 0.3 is 19.8 Å². The summed E-state index contributed by atoms with van der Waals surface area (Å²) in [6.07, 6.45) is 32.8. The number of esters is 2. The molecule has 3 atom stereocenters. The van der Waals surface area contributed by atoms with Gasteiger partial charge in [-0.25, -0.2) is 4.57 Å². The molecule has 1 unspecified atom stereocenters. The topological polar surface area (TPSA) is 149 Å². The van der Waals surface area contributed by atoms with Crippen LogP contribution >= 0.6 is 7.82 Å². The van der Waals surface area contributed by atoms with E-state index in [-0.39, 0.29) is 19.4 Å². The quantitative estimate of drug-likeness (QED) is 0.0244. The first-order valence-electron chi connectivity index (χ1n) is 19.8. The molecule has 0 saturated carbocycles. The molecule has 0 spiro atoms. The van der Waals surface area contributed by atoms with Gasteiger partial charge in [-0.3, -0.25) is 18.6 Å². The number of ether oxygens (including phenoxy) is 2. The first-order chi connectivity index (χ1) is 24.2. The van der Waals surface area contributed by atoms with Gasteiger partial charge in [0.1, 0.15) is 12.7 Å². The summed E-state index contributed by atoms with van der Waals surface area (Å²) in [5.41, 5.74) is 0. The van der Waals surface area contributed by atoms with Crippen molar-refractivity contribution in [1.29, 1.82) is 0 Å². The summed E-state index contributed by atoms with van der Waals surface area (Å²) in [5.74, 6) is -0.938. The van der Waals surface area contributed by atoms with E-state index in [9.17, 15) is 24.2 Å². The first kappa shape index (κ1) is 48.5. The van der Waals surface area contributed by atoms with Gasteiger partial charge in [-0.15, -0.1) is 0 Å². The van der Waals surface area contributed by atoms with Crippen LogP contribution in [-0.4, -0.2) is 65.7 Å². The second-order valence-electron chi connectivity index (χ2n) is 13.3. The predicted molar refractivity (Wildman–Crippen MR) is 201 cm³/mol. The summed E-state index contributed by atoms with van der Waals surface area (Å²) in [6.45, 7) is 2.32. The number of hydrogen-bond acceptors (Lipinski definition) is 9. The Morgan fingerprint density at radius 2 is 1.06 bits per heavy atom. The minimum absolute atomic E-state index is 0.170. The molecule has 0 aromatic carbocycles. The monoisotopic (exact) mass is 732 g/mol. The highest BCUT2D eigenvalue weighted by molar-refractivity contribution is 7.47. The molecule has 294 valence electrons. The molecule has 11 heteroatoms. The Morgan fingerprint density at radius 3 is 1.60 bits per heavy atom. The van der Waals surface area contributed by atoms with Crippen molar-refractivity contribution in [3.63, 3.8) is 0 Å². The van der Waals surface area contributed by atoms with Crippen LogP contribution in [0.25, 0.3) is 0 Å². The minimum Gasteiger partial charge on any atom is -0.462 e. The molecule has 0 radical (unpaired) electrons. The van der Waals surface area contributed by atoms with Gasteiger partial charge in [0.05, 0.1) is 19.8 Å². The van der Waals surface area contributed by atoms with Crippen LogP contribution in [0.1, 0.15) is 174 Å². The molecule has 10 nitrogen and oxygen atoms in total. The number of aliphatic hydroxyl groups excluding tert-OH is 2. The lowest BCUT2D eigenvalue weighted by molar-refractivity contribution is -0.161. The maximum Gasteiger partial charge on any atom is 0.472 e. The average molecular weight is 733 g/mol. The highest BCUT2D eigenvalue weighted by Gasteiger charge is 2.27. The lowest BCUT2D eigenvalue weighted by Gasteiger charge is -2.20. The van der Waals surface area contributed by atoms with Crippen LogP contribution < -0.4 is 0 Å². The van der Waals surface area contributed by atoms with E-state index in [1.807, 2.05) is 0 Å². The number of phosphoric ester groups is 1. The number of allylic oxidation sites excluding steroid dienone is 4. The molecule has 0 aromatic rings. The molecular formula is C39H73O10P. The summed E-state index contributed by atoms with van der Waals surface area (Å²) < 4.78 is 32.6. The molecule has 0 bridgehead atoms. The molecule has 50 heavy (non-hydrogen) atoms. The van der Waals surface area contributed by atoms with Crippen molar-refractivity contribution >= 4 is 19.8 Å². The van der Waals surface area contributed by atoms with Crippen LogP contribution in [0.3, 0.4) is 0 Å². The second-order valence-corrected chi connectivity index (χ2v) is 14.8. The first-order valence-corrected chi connectivity index (χ1v) is 21.3. The van der Waals surface area contributed by atoms with E-state index < -0.39 is 51.8 Å². The summed E-state index contributed by atoms with van der Waals surface area (Å²) >= 11 is 0. The van der Waals surface area contributed by atoms with Crippen LogP contribution in [0.15, 0.2) is 24.3 Å². The van der Waals surface area contributed by atoms with Gasteiger partial charge in [0, 0.05) is 12.8 Å². The van der Waals surface area contributed by atoms with Crippen molar-refractivity contribution < 1.29 is 47.8 Å². The van der Waals surface area contributed by atoms with Crippen LogP contribution in [0.5, 0.6) is 0 Å². The fourth-order valence-corrected chi connectivity index (χ4v) is 6.03. The van der Waals surface area contributed by atoms with E-state index in [0.717, 1.165) is 64.2 Å². The molecular weight excluding hydrogens is 659 g/mol. The Labute approximate surface area is 304 Å². The fourth-order valence-electron chi connectivity index (χ4n) is 5.24. The molecule has 0 rings (SSSR count). The summed E-state index contributed by atoms with van der Waals surface area (Å²) in [6, 6.07) is 0. The maximum absolute atomic E-state index is 12.5. The molecule has 0 aliphatic carbocycles. The Morgan fingerprint density at radius 1 is 0.600 bits per heavy atom. The molecule has 0 aromatic heterocycles. The van der Waals surface area contributed by atoms with E-state index in [2.05, 4.69) is 42.7 Å². The molecule has 0 aliphatic heterocycles. The molecule has 0 amide bonds. The van der Waals surface area contributed by atoms with Crippen LogP contribution in [0.4, 0.5) is 0 Å². The highest BCUT2D eigenvalue weighted by atomic mass is 31.2. The predicted octanol–water partition coefficient (Wildman–Crippen LogP) is 9.83. The number of carbonyl (C=O) groups is 2. The zero-order chi connectivity index (χ0) is 37.0. The zero-order valence-corrected chi connectivity index (χ0v) is 32.5. The van der Waals surface area contributed by atoms with Gasteiger partial charge in [0.15, 0.2) is 6.10 Å². The second kappa shape index (κ2) is 35.8. The van der Waals surface area contributed by atoms with Gasteiger partial charge in [-0.1, -0.05) is 147 Å². The number of aliphatic hydroxyl groups is 2. The minimum atomic E-state index is -4.61. The normalized spacial score (nSPS) is 14.3. The SMILES string of the molecule is CCCC/C=C/C/C=C/CCCCCCCC(=O)O[C@H](COC(=O)CCCCCCCCCCCCCCC)COP(=O)(O)OC[C@@H](O)CO. The summed E-state index contributed by atoms with van der Waals surface area (Å²) in [7, 11) is -4.61. The number of phosphoric acid groups is 1. The smallest absolute Gasteiger partial charge is 0.462 e. The Bertz CT molecular complexity index is 894. The Hall–Kier alpha value is -1.55. The van der Waals surface area contributed by atoms with Gasteiger partial charge in [0.25, 0.3) is 0 Å². The largest absolute Gasteiger partial charge is 0.472 e. The lowest BCUT2D eigenvalue weighted by atomic mass is 10.0. The number of hydrogen-bond donors (Lipinski definition) is 3. The van der Waals surface area contributed by atoms with Crippen molar-refractivity contribution in [3.8, 4) is 0 Å². The van der Waals surface area contributed by atoms with E-state index in [4.69, 9.17) is 19.1 Å². The van der Waals surface area contributed by atoms with E-state index >= 15 is 0 Å². The third kappa shape index (κ3) is 34.9. The molecule has 0 saturated heterocycles. The third-order valence-corrected chi connectivity index (χ3v) is 9.31. The number of rotatable bonds is 37. The standard InChI is InChI=1S/C39H73O10P/c1-3-5-7-9-11-13-15-17-19-21-23-25-27-29-31-39(43)49-37(35-48-50(44,45)47-33-36(41)32-40)34-46-38(42)30-28-26-24-22-20-18-16-14-12-10-8-6-4-2/h9,11,15,17,36-37,40-41H,3-8,10,12-14,16,18-35H2,1-2H3,(H,44,45)/b11-9+,17-15+/t36-,37+/m0/s1. The van der Waals surface area contributed by atoms with E-state index in [1.54, 1.807) is 0 Å². The van der Waals surface area contributed by atoms with Crippen molar-refractivity contribution in [2.45, 2.75) is 187 Å². The fraction of sp³-hybridized carbons (Fsp3) is 0.846. The van der Waals surface area contributed by atoms with Crippen LogP contribution in [-0.2, 0) is 32.7 Å². The van der Waals surface area contributed by atoms with Crippen LogP contribution in [0.2, 0.25) is 0 Å². The molecule has 3 N–H and O–H groups in total. The van der Waals surface area contributed by atoms with Crippen molar-refractivity contribution in [1.82, 2.24) is 0 Å². The summed E-state index contributed by atoms with van der Waals surface area (Å²) in [5, 5.41) is 18.3. The van der Waals surface area contributed by atoms with Gasteiger partial charge in [0.2, 0.25) is 0 Å². The summed E-state index contributed by atoms with van der Waals surface area (Å²) in [4.78, 5) is 34.8. The van der Waals surface area contributed by atoms with Crippen molar-refractivity contribution in [2.75, 3.05) is 26.4 Å². The van der Waals surface area contributed by atoms with Crippen LogP contribution in [0, 0.1) is 0 Å². The number of carbonyl (C=O) groups excluding carboxylic acids is 2. The molecule has 0 fully saturated rings. The maximum atomic E-state index is 12.5. The third-order valence-electron chi connectivity index (χ3n) is 8.36. The van der Waals surface area contributed by atoms with E-state index in [1.165, 1.54) is 70.6 Å². The number of unbranched alkanes of at least 4 members (excludes halogenated alkanes) is 19. The van der Waals surface area contributed by atoms with Gasteiger partial charge in [-0.05, 0) is 38.5 Å². The van der Waals surface area contributed by atoms with Gasteiger partial charge < -0.3 is 24.6 Å². The van der Waals surface area contributed by atoms with Crippen molar-refractivity contribution in [2.24, 2.45) is 0 Å². The zero-order valence-electron chi connectivity index (χ0n) is 31.6. The van der Waals surface area contributed by atoms with E-state index in [0.29, 0.717) is 12.8 Å². The molecule has 0 aliphatic rings. The van der Waals surface area contributed by atoms with Crippen molar-refractivity contribution in [3.05, 3.63) is 24.3 Å². The average Bonchev–Trinajstić information content (AvgIpc) is 3.10. The lowest BCUT2D eigenvalue weighted by Crippen LogP contribution is -2.29. The highest BCUT2D eigenvalue weighted by Crippen LogP contribution is 2.43. The molecule has 0 heterocycles. The van der Waals surface area contributed by atoms with Gasteiger partial charge in [-0.2, -0.15) is 0 Å². The Kier molecular flexibility index (Phi) is 34.7. The Balaban J connectivity index is 4.37.